The highest BCUT2D eigenvalue weighted by atomic mass is 79.9. The summed E-state index contributed by atoms with van der Waals surface area (Å²) in [5.74, 6) is -0.276. The molecule has 0 aliphatic carbocycles. The summed E-state index contributed by atoms with van der Waals surface area (Å²) >= 11 is 2.68. The first kappa shape index (κ1) is 9.52. The lowest BCUT2D eigenvalue weighted by Crippen LogP contribution is -1.97. The second kappa shape index (κ2) is 4.35. The van der Waals surface area contributed by atoms with Gasteiger partial charge >= 0.3 is 0 Å². The minimum Gasteiger partial charge on any atom is -0.504 e. The first-order valence-electron chi connectivity index (χ1n) is 2.54. The predicted molar refractivity (Wildman–Crippen MR) is 42.2 cm³/mol. The van der Waals surface area contributed by atoms with Crippen molar-refractivity contribution in [1.82, 2.24) is 0 Å². The van der Waals surface area contributed by atoms with E-state index in [1.54, 1.807) is 0 Å². The van der Waals surface area contributed by atoms with Gasteiger partial charge in [-0.1, -0.05) is 6.58 Å². The van der Waals surface area contributed by atoms with Gasteiger partial charge in [0.25, 0.3) is 0 Å². The molecule has 0 bridgehead atoms. The van der Waals surface area contributed by atoms with Gasteiger partial charge in [-0.3, -0.25) is 0 Å². The van der Waals surface area contributed by atoms with Crippen molar-refractivity contribution in [2.45, 2.75) is 0 Å². The van der Waals surface area contributed by atoms with Crippen LogP contribution >= 0.6 is 15.9 Å². The van der Waals surface area contributed by atoms with Crippen molar-refractivity contribution < 1.29 is 14.9 Å². The monoisotopic (exact) mass is 208 g/mol. The summed E-state index contributed by atoms with van der Waals surface area (Å²) in [6.45, 7) is 3.64. The van der Waals surface area contributed by atoms with Crippen molar-refractivity contribution in [2.75, 3.05) is 13.7 Å². The SMILES string of the molecule is C=C(COC)/C(O)=C(\O)Br. The summed E-state index contributed by atoms with van der Waals surface area (Å²) in [4.78, 5) is 0. The minimum absolute atomic E-state index is 0.196. The summed E-state index contributed by atoms with van der Waals surface area (Å²) in [6, 6.07) is 0. The Bertz CT molecular complexity index is 158. The van der Waals surface area contributed by atoms with Crippen molar-refractivity contribution >= 4 is 15.9 Å². The molecule has 0 aromatic heterocycles. The van der Waals surface area contributed by atoms with Gasteiger partial charge in [0.05, 0.1) is 6.61 Å². The Morgan fingerprint density at radius 3 is 2.40 bits per heavy atom. The molecule has 0 aromatic rings. The number of aliphatic hydroxyl groups excluding tert-OH is 2. The summed E-state index contributed by atoms with van der Waals surface area (Å²) in [5.41, 5.74) is 0.330. The first-order valence-corrected chi connectivity index (χ1v) is 3.33. The number of ether oxygens (including phenoxy) is 1. The summed E-state index contributed by atoms with van der Waals surface area (Å²) in [5, 5.41) is 17.6. The third kappa shape index (κ3) is 2.89. The Labute approximate surface area is 67.8 Å². The average Bonchev–Trinajstić information content (AvgIpc) is 1.87. The van der Waals surface area contributed by atoms with Gasteiger partial charge in [0.15, 0.2) is 5.76 Å². The highest BCUT2D eigenvalue weighted by Crippen LogP contribution is 2.12. The molecule has 0 aliphatic rings. The van der Waals surface area contributed by atoms with Crippen LogP contribution in [0.3, 0.4) is 0 Å². The van der Waals surface area contributed by atoms with E-state index in [4.69, 9.17) is 10.2 Å². The third-order valence-electron chi connectivity index (χ3n) is 0.849. The van der Waals surface area contributed by atoms with Gasteiger partial charge in [-0.2, -0.15) is 0 Å². The zero-order chi connectivity index (χ0) is 8.15. The van der Waals surface area contributed by atoms with Crippen LogP contribution in [0.15, 0.2) is 22.6 Å². The van der Waals surface area contributed by atoms with Gasteiger partial charge in [-0.15, -0.1) is 0 Å². The van der Waals surface area contributed by atoms with Crippen LogP contribution in [0.2, 0.25) is 0 Å². The number of rotatable bonds is 3. The highest BCUT2D eigenvalue weighted by Gasteiger charge is 2.03. The smallest absolute Gasteiger partial charge is 0.202 e. The molecule has 4 heteroatoms. The number of aliphatic hydroxyl groups is 2. The maximum atomic E-state index is 8.93. The maximum Gasteiger partial charge on any atom is 0.202 e. The van der Waals surface area contributed by atoms with E-state index in [0.717, 1.165) is 0 Å². The Balaban J connectivity index is 4.09. The van der Waals surface area contributed by atoms with Crippen molar-refractivity contribution in [3.63, 3.8) is 0 Å². The maximum absolute atomic E-state index is 8.93. The van der Waals surface area contributed by atoms with Crippen molar-refractivity contribution in [2.24, 2.45) is 0 Å². The lowest BCUT2D eigenvalue weighted by Gasteiger charge is -2.01. The number of halogens is 1. The molecule has 58 valence electrons. The first-order chi connectivity index (χ1) is 4.59. The number of hydrogen-bond acceptors (Lipinski definition) is 3. The number of methoxy groups -OCH3 is 1. The van der Waals surface area contributed by atoms with E-state index in [-0.39, 0.29) is 17.0 Å². The molecule has 0 saturated carbocycles. The van der Waals surface area contributed by atoms with Gasteiger partial charge in [0.1, 0.15) is 0 Å². The van der Waals surface area contributed by atoms with E-state index >= 15 is 0 Å². The van der Waals surface area contributed by atoms with E-state index in [1.807, 2.05) is 0 Å². The normalized spacial score (nSPS) is 12.6. The van der Waals surface area contributed by atoms with Gasteiger partial charge in [0, 0.05) is 12.7 Å². The van der Waals surface area contributed by atoms with Crippen LogP contribution in [-0.4, -0.2) is 23.9 Å². The summed E-state index contributed by atoms with van der Waals surface area (Å²) in [6.07, 6.45) is 0. The molecule has 3 nitrogen and oxygen atoms in total. The molecule has 0 spiro atoms. The Morgan fingerprint density at radius 2 is 2.10 bits per heavy atom. The minimum atomic E-state index is -0.324. The Kier molecular flexibility index (Phi) is 4.14. The molecule has 0 unspecified atom stereocenters. The number of hydrogen-bond donors (Lipinski definition) is 2. The largest absolute Gasteiger partial charge is 0.504 e. The molecule has 0 fully saturated rings. The summed E-state index contributed by atoms with van der Waals surface area (Å²) in [7, 11) is 1.48. The lowest BCUT2D eigenvalue weighted by molar-refractivity contribution is 0.218. The third-order valence-corrected chi connectivity index (χ3v) is 1.22. The average molecular weight is 209 g/mol. The van der Waals surface area contributed by atoms with Crippen molar-refractivity contribution in [3.05, 3.63) is 22.6 Å². The molecule has 0 heterocycles. The molecule has 0 amide bonds. The van der Waals surface area contributed by atoms with Gasteiger partial charge < -0.3 is 14.9 Å². The van der Waals surface area contributed by atoms with Crippen LogP contribution < -0.4 is 0 Å². The molecule has 0 aromatic carbocycles. The van der Waals surface area contributed by atoms with E-state index < -0.39 is 0 Å². The van der Waals surface area contributed by atoms with Crippen LogP contribution in [0.1, 0.15) is 0 Å². The topological polar surface area (TPSA) is 49.7 Å². The summed E-state index contributed by atoms with van der Waals surface area (Å²) < 4.78 is 4.32. The fourth-order valence-corrected chi connectivity index (χ4v) is 0.669. The second-order valence-corrected chi connectivity index (χ2v) is 2.43. The van der Waals surface area contributed by atoms with Gasteiger partial charge in [0.2, 0.25) is 4.67 Å². The molecule has 0 saturated heterocycles. The Morgan fingerprint density at radius 1 is 1.60 bits per heavy atom. The standard InChI is InChI=1S/C6H9BrO3/c1-4(3-10-2)5(8)6(7)9/h8-9H,1,3H2,2H3/b6-5+. The molecule has 10 heavy (non-hydrogen) atoms. The van der Waals surface area contributed by atoms with Crippen LogP contribution in [0.4, 0.5) is 0 Å². The van der Waals surface area contributed by atoms with Crippen molar-refractivity contribution in [1.29, 1.82) is 0 Å². The van der Waals surface area contributed by atoms with E-state index in [0.29, 0.717) is 5.57 Å². The lowest BCUT2D eigenvalue weighted by atomic mass is 10.3. The van der Waals surface area contributed by atoms with E-state index in [9.17, 15) is 0 Å². The van der Waals surface area contributed by atoms with Crippen LogP contribution in [0.5, 0.6) is 0 Å². The Hall–Kier alpha value is -0.480. The molecule has 2 N–H and O–H groups in total. The van der Waals surface area contributed by atoms with E-state index in [1.165, 1.54) is 7.11 Å². The second-order valence-electron chi connectivity index (χ2n) is 1.68. The molecule has 0 aliphatic heterocycles. The quantitative estimate of drug-likeness (QED) is 0.551. The molecular weight excluding hydrogens is 200 g/mol. The zero-order valence-electron chi connectivity index (χ0n) is 5.59. The van der Waals surface area contributed by atoms with Crippen LogP contribution in [0.25, 0.3) is 0 Å². The van der Waals surface area contributed by atoms with Crippen LogP contribution in [0, 0.1) is 0 Å². The molecule has 0 atom stereocenters. The zero-order valence-corrected chi connectivity index (χ0v) is 7.18. The van der Waals surface area contributed by atoms with Crippen molar-refractivity contribution in [3.8, 4) is 0 Å². The van der Waals surface area contributed by atoms with Gasteiger partial charge in [-0.25, -0.2) is 0 Å². The molecule has 0 rings (SSSR count). The molecule has 0 radical (unpaired) electrons. The molecular formula is C6H9BrO3. The van der Waals surface area contributed by atoms with Gasteiger partial charge in [-0.05, 0) is 15.9 Å². The highest BCUT2D eigenvalue weighted by molar-refractivity contribution is 9.11. The van der Waals surface area contributed by atoms with Crippen LogP contribution in [-0.2, 0) is 4.74 Å². The predicted octanol–water partition coefficient (Wildman–Crippen LogP) is 1.87. The fraction of sp³-hybridized carbons (Fsp3) is 0.333. The van der Waals surface area contributed by atoms with E-state index in [2.05, 4.69) is 27.2 Å². The fourth-order valence-electron chi connectivity index (χ4n) is 0.388.